The van der Waals surface area contributed by atoms with Gasteiger partial charge in [-0.3, -0.25) is 14.6 Å². The van der Waals surface area contributed by atoms with Crippen LogP contribution in [0.2, 0.25) is 0 Å². The van der Waals surface area contributed by atoms with Gasteiger partial charge in [0.2, 0.25) is 5.91 Å². The third kappa shape index (κ3) is 6.15. The summed E-state index contributed by atoms with van der Waals surface area (Å²) in [5.41, 5.74) is 9.46. The van der Waals surface area contributed by atoms with Crippen LogP contribution in [0.15, 0.2) is 77.5 Å². The molecule has 7 heteroatoms. The lowest BCUT2D eigenvalue weighted by molar-refractivity contribution is -0.121. The van der Waals surface area contributed by atoms with Crippen LogP contribution in [-0.2, 0) is 16.1 Å². The molecule has 0 saturated heterocycles. The number of ether oxygens (including phenoxy) is 1. The highest BCUT2D eigenvalue weighted by Gasteiger charge is 2.19. The first-order chi connectivity index (χ1) is 14.5. The fourth-order valence-corrected chi connectivity index (χ4v) is 2.70. The molecule has 30 heavy (non-hydrogen) atoms. The maximum absolute atomic E-state index is 12.1. The summed E-state index contributed by atoms with van der Waals surface area (Å²) in [5, 5.41) is 2.57. The Labute approximate surface area is 174 Å². The summed E-state index contributed by atoms with van der Waals surface area (Å²) in [6.45, 7) is 2.18. The zero-order chi connectivity index (χ0) is 21.3. The first-order valence-electron chi connectivity index (χ1n) is 9.42. The number of primary amides is 1. The molecule has 0 radical (unpaired) electrons. The van der Waals surface area contributed by atoms with Gasteiger partial charge in [-0.2, -0.15) is 0 Å². The number of carbonyl (C=O) groups is 2. The van der Waals surface area contributed by atoms with Gasteiger partial charge in [0.1, 0.15) is 17.2 Å². The number of rotatable bonds is 7. The van der Waals surface area contributed by atoms with E-state index in [1.165, 1.54) is 6.20 Å². The highest BCUT2D eigenvalue weighted by atomic mass is 16.5. The van der Waals surface area contributed by atoms with E-state index in [2.05, 4.69) is 10.3 Å². The largest absolute Gasteiger partial charge is 0.457 e. The number of fused-ring (bicyclic) bond motifs is 2. The van der Waals surface area contributed by atoms with Crippen LogP contribution < -0.4 is 11.1 Å². The topological polar surface area (TPSA) is 107 Å². The summed E-state index contributed by atoms with van der Waals surface area (Å²) in [5.74, 6) is -1.06. The number of furan rings is 2. The number of nitrogens with two attached hydrogens (primary N) is 1. The summed E-state index contributed by atoms with van der Waals surface area (Å²) >= 11 is 0. The maximum atomic E-state index is 12.1. The molecule has 3 N–H and O–H groups in total. The minimum Gasteiger partial charge on any atom is -0.457 e. The van der Waals surface area contributed by atoms with Gasteiger partial charge < -0.3 is 20.2 Å². The van der Waals surface area contributed by atoms with Gasteiger partial charge in [-0.25, -0.2) is 0 Å². The van der Waals surface area contributed by atoms with E-state index in [1.807, 2.05) is 61.5 Å². The van der Waals surface area contributed by atoms with Crippen molar-refractivity contribution in [2.75, 3.05) is 6.61 Å². The van der Waals surface area contributed by atoms with Crippen molar-refractivity contribution in [3.05, 3.63) is 89.7 Å². The number of nitrogens with one attached hydrogen (secondary N) is 1. The van der Waals surface area contributed by atoms with E-state index in [0.29, 0.717) is 12.2 Å². The number of hydrogen-bond acceptors (Lipinski definition) is 5. The van der Waals surface area contributed by atoms with Crippen LogP contribution in [0.4, 0.5) is 0 Å². The molecule has 7 nitrogen and oxygen atoms in total. The minimum absolute atomic E-state index is 0.00914. The second kappa shape index (κ2) is 10.2. The number of aryl methyl sites for hydroxylation is 1. The molecule has 0 aliphatic carbocycles. The van der Waals surface area contributed by atoms with E-state index in [4.69, 9.17) is 14.9 Å². The van der Waals surface area contributed by atoms with Crippen LogP contribution in [0.1, 0.15) is 21.5 Å². The average Bonchev–Trinajstić information content (AvgIpc) is 3.40. The Bertz CT molecular complexity index is 1030. The molecule has 2 bridgehead atoms. The summed E-state index contributed by atoms with van der Waals surface area (Å²) in [6.07, 6.45) is 3.08. The minimum atomic E-state index is -0.897. The van der Waals surface area contributed by atoms with E-state index in [9.17, 15) is 9.59 Å². The molecular formula is C23H23N3O4. The Morgan fingerprint density at radius 1 is 1.07 bits per heavy atom. The monoisotopic (exact) mass is 405 g/mol. The van der Waals surface area contributed by atoms with Crippen LogP contribution in [0, 0.1) is 6.92 Å². The zero-order valence-electron chi connectivity index (χ0n) is 16.6. The fourth-order valence-electron chi connectivity index (χ4n) is 2.70. The van der Waals surface area contributed by atoms with Crippen LogP contribution in [0.5, 0.6) is 0 Å². The molecule has 3 heterocycles. The van der Waals surface area contributed by atoms with E-state index >= 15 is 0 Å². The van der Waals surface area contributed by atoms with Gasteiger partial charge in [0.25, 0.3) is 5.91 Å². The molecule has 1 atom stereocenters. The van der Waals surface area contributed by atoms with E-state index < -0.39 is 17.9 Å². The summed E-state index contributed by atoms with van der Waals surface area (Å²) in [4.78, 5) is 27.6. The quantitative estimate of drug-likeness (QED) is 0.491. The molecule has 4 aromatic rings. The average molecular weight is 405 g/mol. The Kier molecular flexibility index (Phi) is 7.13. The highest BCUT2D eigenvalue weighted by Crippen LogP contribution is 2.13. The lowest BCUT2D eigenvalue weighted by Gasteiger charge is -2.16. The summed E-state index contributed by atoms with van der Waals surface area (Å²) < 4.78 is 10.6. The third-order valence-electron chi connectivity index (χ3n) is 4.24. The molecule has 154 valence electrons. The fraction of sp³-hybridized carbons (Fsp3) is 0.174. The van der Waals surface area contributed by atoms with Crippen molar-refractivity contribution in [3.63, 3.8) is 0 Å². The van der Waals surface area contributed by atoms with E-state index in [0.717, 1.165) is 22.3 Å². The predicted molar refractivity (Wildman–Crippen MR) is 113 cm³/mol. The zero-order valence-corrected chi connectivity index (χ0v) is 16.6. The molecule has 0 fully saturated rings. The Balaban J connectivity index is 0.000000302. The van der Waals surface area contributed by atoms with Gasteiger partial charge in [0, 0.05) is 12.4 Å². The molecule has 1 aromatic carbocycles. The van der Waals surface area contributed by atoms with Gasteiger partial charge in [-0.05, 0) is 48.4 Å². The summed E-state index contributed by atoms with van der Waals surface area (Å²) in [7, 11) is 0. The number of nitrogens with zero attached hydrogens (tertiary/aromatic N) is 1. The Morgan fingerprint density at radius 3 is 2.27 bits per heavy atom. The number of benzene rings is 2. The Hall–Kier alpha value is -3.71. The van der Waals surface area contributed by atoms with Crippen molar-refractivity contribution < 1.29 is 18.7 Å². The van der Waals surface area contributed by atoms with Crippen LogP contribution in [0.3, 0.4) is 0 Å². The SMILES string of the molecule is Cc1cncc(C(=O)NC(COCc2ccccc2)C(N)=O)c1.c1cc2ccc1o2. The Morgan fingerprint density at radius 2 is 1.73 bits per heavy atom. The molecule has 1 unspecified atom stereocenters. The van der Waals surface area contributed by atoms with Crippen molar-refractivity contribution in [2.45, 2.75) is 19.6 Å². The van der Waals surface area contributed by atoms with Crippen molar-refractivity contribution in [3.8, 4) is 0 Å². The van der Waals surface area contributed by atoms with Gasteiger partial charge in [-0.1, -0.05) is 30.3 Å². The molecule has 2 amide bonds. The molecule has 4 rings (SSSR count). The number of pyridine rings is 1. The number of carbonyl (C=O) groups excluding carboxylic acids is 2. The molecule has 0 saturated carbocycles. The third-order valence-corrected chi connectivity index (χ3v) is 4.24. The van der Waals surface area contributed by atoms with Gasteiger partial charge >= 0.3 is 0 Å². The van der Waals surface area contributed by atoms with Crippen LogP contribution in [0.25, 0.3) is 11.2 Å². The van der Waals surface area contributed by atoms with Crippen LogP contribution >= 0.6 is 0 Å². The van der Waals surface area contributed by atoms with Crippen molar-refractivity contribution in [1.29, 1.82) is 0 Å². The van der Waals surface area contributed by atoms with Crippen molar-refractivity contribution in [2.24, 2.45) is 5.73 Å². The highest BCUT2D eigenvalue weighted by molar-refractivity contribution is 5.97. The number of hydrogen-bond donors (Lipinski definition) is 2. The first-order valence-corrected chi connectivity index (χ1v) is 9.42. The van der Waals surface area contributed by atoms with Crippen LogP contribution in [-0.4, -0.2) is 29.4 Å². The smallest absolute Gasteiger partial charge is 0.253 e. The predicted octanol–water partition coefficient (Wildman–Crippen LogP) is 3.06. The standard InChI is InChI=1S/C17H19N3O3.C6H4O/c1-12-7-14(9-19-8-12)17(22)20-15(16(18)21)11-23-10-13-5-3-2-4-6-13;1-2-6-4-3-5(1)7-6/h2-9,15H,10-11H2,1H3,(H2,18,21)(H,20,22);1-4H. The maximum Gasteiger partial charge on any atom is 0.253 e. The number of amides is 2. The van der Waals surface area contributed by atoms with Gasteiger partial charge in [0.15, 0.2) is 0 Å². The lowest BCUT2D eigenvalue weighted by Crippen LogP contribution is -2.47. The van der Waals surface area contributed by atoms with Gasteiger partial charge in [-0.15, -0.1) is 0 Å². The molecule has 0 spiro atoms. The van der Waals surface area contributed by atoms with Crippen molar-refractivity contribution in [1.82, 2.24) is 10.3 Å². The van der Waals surface area contributed by atoms with E-state index in [-0.39, 0.29) is 6.61 Å². The summed E-state index contributed by atoms with van der Waals surface area (Å²) in [6, 6.07) is 18.1. The van der Waals surface area contributed by atoms with Gasteiger partial charge in [0.05, 0.1) is 18.8 Å². The number of aromatic nitrogens is 1. The second-order valence-corrected chi connectivity index (χ2v) is 6.75. The lowest BCUT2D eigenvalue weighted by atomic mass is 10.2. The van der Waals surface area contributed by atoms with E-state index in [1.54, 1.807) is 12.3 Å². The molecule has 3 aromatic heterocycles. The normalized spacial score (nSPS) is 11.5. The van der Waals surface area contributed by atoms with Crippen molar-refractivity contribution >= 4 is 23.0 Å². The second-order valence-electron chi connectivity index (χ2n) is 6.75. The molecule has 0 aliphatic heterocycles. The molecular weight excluding hydrogens is 382 g/mol. The molecule has 0 aliphatic rings. The first kappa shape index (κ1) is 21.0.